The summed E-state index contributed by atoms with van der Waals surface area (Å²) in [7, 11) is -7.39. The van der Waals surface area contributed by atoms with Gasteiger partial charge in [0.1, 0.15) is 6.73 Å². The van der Waals surface area contributed by atoms with Gasteiger partial charge in [0.05, 0.1) is 34.2 Å². The molecule has 4 aromatic rings. The van der Waals surface area contributed by atoms with Crippen molar-refractivity contribution >= 4 is 42.3 Å². The maximum Gasteiger partial charge on any atom is 0.261 e. The van der Waals surface area contributed by atoms with Crippen molar-refractivity contribution < 1.29 is 21.6 Å². The maximum atomic E-state index is 13.0. The van der Waals surface area contributed by atoms with Crippen LogP contribution in [0.2, 0.25) is 0 Å². The average Bonchev–Trinajstić information content (AvgIpc) is 2.84. The fraction of sp³-hybridized carbons (Fsp3) is 0.160. The molecule has 8 nitrogen and oxygen atoms in total. The molecule has 1 N–H and O–H groups in total. The number of ether oxygens (including phenoxy) is 1. The summed E-state index contributed by atoms with van der Waals surface area (Å²) in [6, 6.07) is 22.7. The fourth-order valence-electron chi connectivity index (χ4n) is 3.92. The summed E-state index contributed by atoms with van der Waals surface area (Å²) in [5.41, 5.74) is 4.14. The zero-order valence-electron chi connectivity index (χ0n) is 18.9. The first-order chi connectivity index (χ1) is 16.7. The van der Waals surface area contributed by atoms with E-state index in [0.29, 0.717) is 11.4 Å². The van der Waals surface area contributed by atoms with Crippen LogP contribution in [0.4, 0.5) is 11.4 Å². The second kappa shape index (κ2) is 8.95. The van der Waals surface area contributed by atoms with Gasteiger partial charge in [-0.25, -0.2) is 26.1 Å². The summed E-state index contributed by atoms with van der Waals surface area (Å²) in [4.78, 5) is 4.74. The van der Waals surface area contributed by atoms with E-state index in [1.54, 1.807) is 12.1 Å². The van der Waals surface area contributed by atoms with E-state index in [1.807, 2.05) is 49.4 Å². The highest BCUT2D eigenvalue weighted by Gasteiger charge is 2.27. The average molecular weight is 510 g/mol. The molecule has 0 saturated carbocycles. The van der Waals surface area contributed by atoms with Crippen molar-refractivity contribution in [3.05, 3.63) is 84.4 Å². The molecule has 1 aromatic heterocycles. The number of nitrogens with one attached hydrogen (secondary N) is 1. The Morgan fingerprint density at radius 1 is 0.971 bits per heavy atom. The number of para-hydroxylation sites is 1. The predicted molar refractivity (Wildman–Crippen MR) is 136 cm³/mol. The molecular formula is C25H23N3O5S2. The molecule has 0 amide bonds. The van der Waals surface area contributed by atoms with Crippen molar-refractivity contribution in [3.8, 4) is 11.3 Å². The molecule has 0 aliphatic carbocycles. The minimum Gasteiger partial charge on any atom is -0.359 e. The van der Waals surface area contributed by atoms with Gasteiger partial charge in [-0.15, -0.1) is 0 Å². The molecule has 2 heterocycles. The molecule has 3 aromatic carbocycles. The van der Waals surface area contributed by atoms with Crippen molar-refractivity contribution in [1.82, 2.24) is 4.98 Å². The Morgan fingerprint density at radius 2 is 1.74 bits per heavy atom. The van der Waals surface area contributed by atoms with Crippen LogP contribution in [0, 0.1) is 6.92 Å². The predicted octanol–water partition coefficient (Wildman–Crippen LogP) is 4.13. The highest BCUT2D eigenvalue weighted by atomic mass is 32.2. The summed E-state index contributed by atoms with van der Waals surface area (Å²) >= 11 is 0. The van der Waals surface area contributed by atoms with Gasteiger partial charge in [0.2, 0.25) is 10.0 Å². The molecule has 1 saturated heterocycles. The lowest BCUT2D eigenvalue weighted by atomic mass is 10.0. The van der Waals surface area contributed by atoms with Gasteiger partial charge in [0, 0.05) is 16.6 Å². The number of hydrogen-bond donors (Lipinski definition) is 1. The standard InChI is InChI=1S/C25H23N3O5S2/c1-18-6-8-20(16-23(18)25-13-7-19-4-2-3-5-24(19)26-25)27-35(31,32)22-11-9-21(10-12-22)28-17-33-14-15-34(28,29)30/h2-13,16,27H,14-15,17H2,1H3. The topological polar surface area (TPSA) is 106 Å². The Balaban J connectivity index is 1.41. The van der Waals surface area contributed by atoms with Gasteiger partial charge in [-0.2, -0.15) is 0 Å². The van der Waals surface area contributed by atoms with Crippen molar-refractivity contribution in [3.63, 3.8) is 0 Å². The van der Waals surface area contributed by atoms with E-state index in [-0.39, 0.29) is 24.0 Å². The lowest BCUT2D eigenvalue weighted by molar-refractivity contribution is 0.149. The van der Waals surface area contributed by atoms with E-state index in [4.69, 9.17) is 9.72 Å². The van der Waals surface area contributed by atoms with Crippen molar-refractivity contribution in [1.29, 1.82) is 0 Å². The fourth-order valence-corrected chi connectivity index (χ4v) is 6.20. The summed E-state index contributed by atoms with van der Waals surface area (Å²) in [5.74, 6) is -0.115. The van der Waals surface area contributed by atoms with Gasteiger partial charge in [0.15, 0.2) is 0 Å². The summed E-state index contributed by atoms with van der Waals surface area (Å²) < 4.78 is 59.6. The van der Waals surface area contributed by atoms with Crippen LogP contribution in [0.25, 0.3) is 22.2 Å². The van der Waals surface area contributed by atoms with Gasteiger partial charge in [-0.05, 0) is 61.0 Å². The van der Waals surface area contributed by atoms with Crippen molar-refractivity contribution in [2.75, 3.05) is 28.1 Å². The van der Waals surface area contributed by atoms with Crippen LogP contribution in [0.5, 0.6) is 0 Å². The minimum atomic E-state index is -3.91. The SMILES string of the molecule is Cc1ccc(NS(=O)(=O)c2ccc(N3COCCS3(=O)=O)cc2)cc1-c1ccc2ccccc2n1. The Morgan fingerprint density at radius 3 is 2.51 bits per heavy atom. The van der Waals surface area contributed by atoms with Gasteiger partial charge in [-0.1, -0.05) is 30.3 Å². The van der Waals surface area contributed by atoms with E-state index in [0.717, 1.165) is 32.0 Å². The number of nitrogens with zero attached hydrogens (tertiary/aromatic N) is 2. The third kappa shape index (κ3) is 4.72. The zero-order valence-corrected chi connectivity index (χ0v) is 20.5. The number of fused-ring (bicyclic) bond motifs is 1. The molecule has 1 aliphatic heterocycles. The van der Waals surface area contributed by atoms with Crippen molar-refractivity contribution in [2.45, 2.75) is 11.8 Å². The highest BCUT2D eigenvalue weighted by molar-refractivity contribution is 7.93. The first-order valence-corrected chi connectivity index (χ1v) is 14.0. The Bertz CT molecular complexity index is 1620. The first-order valence-electron chi connectivity index (χ1n) is 10.9. The van der Waals surface area contributed by atoms with E-state index in [2.05, 4.69) is 4.72 Å². The number of anilines is 2. The smallest absolute Gasteiger partial charge is 0.261 e. The number of aryl methyl sites for hydroxylation is 1. The van der Waals surface area contributed by atoms with E-state index >= 15 is 0 Å². The molecule has 180 valence electrons. The van der Waals surface area contributed by atoms with Crippen LogP contribution in [0.3, 0.4) is 0 Å². The van der Waals surface area contributed by atoms with Gasteiger partial charge in [0.25, 0.3) is 10.0 Å². The molecule has 0 atom stereocenters. The third-order valence-electron chi connectivity index (χ3n) is 5.83. The van der Waals surface area contributed by atoms with Crippen LogP contribution < -0.4 is 9.03 Å². The number of benzene rings is 3. The Kier molecular flexibility index (Phi) is 5.96. The number of pyridine rings is 1. The quantitative estimate of drug-likeness (QED) is 0.434. The molecule has 1 fully saturated rings. The van der Waals surface area contributed by atoms with E-state index in [9.17, 15) is 16.8 Å². The van der Waals surface area contributed by atoms with E-state index < -0.39 is 20.0 Å². The summed E-state index contributed by atoms with van der Waals surface area (Å²) in [6.07, 6.45) is 0. The number of aromatic nitrogens is 1. The molecule has 0 unspecified atom stereocenters. The first kappa shape index (κ1) is 23.3. The van der Waals surface area contributed by atoms with Crippen LogP contribution in [0.1, 0.15) is 5.56 Å². The Hall–Kier alpha value is -3.47. The minimum absolute atomic E-state index is 0.0162. The zero-order chi connectivity index (χ0) is 24.6. The summed E-state index contributed by atoms with van der Waals surface area (Å²) in [6.45, 7) is 1.99. The van der Waals surface area contributed by atoms with Crippen LogP contribution in [-0.4, -0.2) is 40.9 Å². The number of rotatable bonds is 5. The number of hydrogen-bond acceptors (Lipinski definition) is 6. The molecule has 0 bridgehead atoms. The normalized spacial score (nSPS) is 15.7. The largest absolute Gasteiger partial charge is 0.359 e. The lowest BCUT2D eigenvalue weighted by Gasteiger charge is -2.28. The number of sulfonamides is 2. The lowest BCUT2D eigenvalue weighted by Crippen LogP contribution is -2.41. The molecule has 0 spiro atoms. The highest BCUT2D eigenvalue weighted by Crippen LogP contribution is 2.29. The van der Waals surface area contributed by atoms with Crippen LogP contribution >= 0.6 is 0 Å². The van der Waals surface area contributed by atoms with E-state index in [1.165, 1.54) is 24.3 Å². The molecule has 0 radical (unpaired) electrons. The molecule has 10 heteroatoms. The van der Waals surface area contributed by atoms with Crippen LogP contribution in [0.15, 0.2) is 83.8 Å². The summed E-state index contributed by atoms with van der Waals surface area (Å²) in [5, 5.41) is 1.03. The van der Waals surface area contributed by atoms with Gasteiger partial charge >= 0.3 is 0 Å². The molecule has 1 aliphatic rings. The monoisotopic (exact) mass is 509 g/mol. The Labute approximate surface area is 204 Å². The molecular weight excluding hydrogens is 486 g/mol. The van der Waals surface area contributed by atoms with Gasteiger partial charge in [-0.3, -0.25) is 4.72 Å². The van der Waals surface area contributed by atoms with Gasteiger partial charge < -0.3 is 4.74 Å². The third-order valence-corrected chi connectivity index (χ3v) is 8.90. The van der Waals surface area contributed by atoms with Crippen LogP contribution in [-0.2, 0) is 24.8 Å². The maximum absolute atomic E-state index is 13.0. The molecule has 5 rings (SSSR count). The van der Waals surface area contributed by atoms with Crippen molar-refractivity contribution in [2.24, 2.45) is 0 Å². The second-order valence-corrected chi connectivity index (χ2v) is 11.9. The second-order valence-electron chi connectivity index (χ2n) is 8.22. The molecule has 35 heavy (non-hydrogen) atoms.